The number of nitrogens with zero attached hydrogens (tertiary/aromatic N) is 2. The van der Waals surface area contributed by atoms with Crippen molar-refractivity contribution in [2.75, 3.05) is 53.0 Å². The van der Waals surface area contributed by atoms with E-state index in [1.54, 1.807) is 19.2 Å². The highest BCUT2D eigenvalue weighted by atomic mass is 35.5. The van der Waals surface area contributed by atoms with Gasteiger partial charge >= 0.3 is 0 Å². The smallest absolute Gasteiger partial charge is 0.234 e. The van der Waals surface area contributed by atoms with Crippen LogP contribution in [-0.4, -0.2) is 68.7 Å². The molecule has 0 aliphatic carbocycles. The van der Waals surface area contributed by atoms with Gasteiger partial charge in [0.15, 0.2) is 0 Å². The molecule has 0 spiro atoms. The first-order valence-corrected chi connectivity index (χ1v) is 10.2. The Hall–Kier alpha value is -2.28. The van der Waals surface area contributed by atoms with Crippen molar-refractivity contribution >= 4 is 17.5 Å². The van der Waals surface area contributed by atoms with Crippen LogP contribution in [-0.2, 0) is 11.3 Å². The Morgan fingerprint density at radius 1 is 0.966 bits per heavy atom. The maximum absolute atomic E-state index is 12.1. The minimum Gasteiger partial charge on any atom is -0.497 e. The average Bonchev–Trinajstić information content (AvgIpc) is 2.74. The summed E-state index contributed by atoms with van der Waals surface area (Å²) in [6, 6.07) is 15.4. The average molecular weight is 418 g/mol. The van der Waals surface area contributed by atoms with Crippen molar-refractivity contribution in [2.45, 2.75) is 6.54 Å². The van der Waals surface area contributed by atoms with Gasteiger partial charge < -0.3 is 14.8 Å². The van der Waals surface area contributed by atoms with Gasteiger partial charge in [0.05, 0.1) is 20.2 Å². The first-order valence-electron chi connectivity index (χ1n) is 9.85. The number of nitrogens with one attached hydrogen (secondary N) is 1. The minimum absolute atomic E-state index is 0.0355. The van der Waals surface area contributed by atoms with Crippen LogP contribution in [0.3, 0.4) is 0 Å². The summed E-state index contributed by atoms with van der Waals surface area (Å²) in [4.78, 5) is 16.8. The first kappa shape index (κ1) is 21.4. The molecule has 1 heterocycles. The third kappa shape index (κ3) is 7.24. The van der Waals surface area contributed by atoms with Gasteiger partial charge in [0, 0.05) is 37.7 Å². The van der Waals surface area contributed by atoms with E-state index < -0.39 is 0 Å². The second kappa shape index (κ2) is 11.0. The van der Waals surface area contributed by atoms with Crippen molar-refractivity contribution in [3.05, 3.63) is 59.1 Å². The van der Waals surface area contributed by atoms with Gasteiger partial charge in [0.2, 0.25) is 5.91 Å². The molecule has 1 fully saturated rings. The van der Waals surface area contributed by atoms with Crippen LogP contribution in [0.2, 0.25) is 5.02 Å². The molecule has 2 aromatic carbocycles. The van der Waals surface area contributed by atoms with E-state index in [4.69, 9.17) is 21.1 Å². The van der Waals surface area contributed by atoms with E-state index in [1.165, 1.54) is 5.56 Å². The normalized spacial score (nSPS) is 15.1. The fourth-order valence-corrected chi connectivity index (χ4v) is 3.37. The highest BCUT2D eigenvalue weighted by Gasteiger charge is 2.18. The lowest BCUT2D eigenvalue weighted by Crippen LogP contribution is -2.49. The third-order valence-electron chi connectivity index (χ3n) is 4.90. The molecule has 1 saturated heterocycles. The molecule has 1 aliphatic heterocycles. The van der Waals surface area contributed by atoms with E-state index in [0.29, 0.717) is 24.7 Å². The van der Waals surface area contributed by atoms with Gasteiger partial charge in [-0.05, 0) is 42.0 Å². The molecule has 7 heteroatoms. The predicted molar refractivity (Wildman–Crippen MR) is 115 cm³/mol. The van der Waals surface area contributed by atoms with Gasteiger partial charge in [-0.15, -0.1) is 0 Å². The number of amides is 1. The molecule has 0 bridgehead atoms. The second-order valence-electron chi connectivity index (χ2n) is 7.05. The van der Waals surface area contributed by atoms with Gasteiger partial charge in [-0.2, -0.15) is 0 Å². The summed E-state index contributed by atoms with van der Waals surface area (Å²) in [7, 11) is 1.68. The number of carbonyl (C=O) groups is 1. The van der Waals surface area contributed by atoms with Gasteiger partial charge in [0.1, 0.15) is 18.1 Å². The Morgan fingerprint density at radius 3 is 2.24 bits per heavy atom. The van der Waals surface area contributed by atoms with Crippen LogP contribution in [0.15, 0.2) is 48.5 Å². The van der Waals surface area contributed by atoms with Crippen LogP contribution in [0, 0.1) is 0 Å². The molecule has 1 amide bonds. The second-order valence-corrected chi connectivity index (χ2v) is 7.49. The van der Waals surface area contributed by atoms with Crippen LogP contribution in [0.1, 0.15) is 5.56 Å². The van der Waals surface area contributed by atoms with E-state index in [2.05, 4.69) is 27.2 Å². The van der Waals surface area contributed by atoms with Crippen LogP contribution in [0.25, 0.3) is 0 Å². The number of halogens is 1. The number of rotatable bonds is 9. The Kier molecular flexibility index (Phi) is 8.16. The summed E-state index contributed by atoms with van der Waals surface area (Å²) >= 11 is 5.84. The number of ether oxygens (including phenoxy) is 2. The molecule has 1 N–H and O–H groups in total. The van der Waals surface area contributed by atoms with E-state index in [1.807, 2.05) is 24.3 Å². The Morgan fingerprint density at radius 2 is 1.59 bits per heavy atom. The molecule has 29 heavy (non-hydrogen) atoms. The van der Waals surface area contributed by atoms with E-state index >= 15 is 0 Å². The molecule has 156 valence electrons. The Labute approximate surface area is 177 Å². The number of piperazine rings is 1. The molecule has 2 aromatic rings. The molecule has 0 saturated carbocycles. The Bertz CT molecular complexity index is 760. The SMILES string of the molecule is COc1ccc(CN2CCN(CC(=O)NCCOc3ccc(Cl)cc3)CC2)cc1. The van der Waals surface area contributed by atoms with Crippen molar-refractivity contribution in [2.24, 2.45) is 0 Å². The monoisotopic (exact) mass is 417 g/mol. The summed E-state index contributed by atoms with van der Waals surface area (Å²) in [6.45, 7) is 5.97. The van der Waals surface area contributed by atoms with Crippen molar-refractivity contribution in [3.63, 3.8) is 0 Å². The first-order chi connectivity index (χ1) is 14.1. The molecule has 0 radical (unpaired) electrons. The summed E-state index contributed by atoms with van der Waals surface area (Å²) in [5, 5.41) is 3.59. The zero-order valence-electron chi connectivity index (χ0n) is 16.8. The summed E-state index contributed by atoms with van der Waals surface area (Å²) in [6.07, 6.45) is 0. The number of hydrogen-bond acceptors (Lipinski definition) is 5. The van der Waals surface area contributed by atoms with Crippen molar-refractivity contribution in [1.82, 2.24) is 15.1 Å². The Balaban J connectivity index is 1.29. The van der Waals surface area contributed by atoms with Crippen LogP contribution < -0.4 is 14.8 Å². The quantitative estimate of drug-likeness (QED) is 0.636. The van der Waals surface area contributed by atoms with Gasteiger partial charge in [-0.25, -0.2) is 0 Å². The highest BCUT2D eigenvalue weighted by Crippen LogP contribution is 2.15. The molecular formula is C22H28ClN3O3. The third-order valence-corrected chi connectivity index (χ3v) is 5.16. The topological polar surface area (TPSA) is 54.0 Å². The maximum Gasteiger partial charge on any atom is 0.234 e. The number of hydrogen-bond donors (Lipinski definition) is 1. The molecule has 1 aliphatic rings. The molecule has 0 atom stereocenters. The van der Waals surface area contributed by atoms with E-state index in [9.17, 15) is 4.79 Å². The maximum atomic E-state index is 12.1. The van der Waals surface area contributed by atoms with Crippen molar-refractivity contribution in [1.29, 1.82) is 0 Å². The summed E-state index contributed by atoms with van der Waals surface area (Å²) in [5.74, 6) is 1.66. The zero-order valence-corrected chi connectivity index (χ0v) is 17.5. The summed E-state index contributed by atoms with van der Waals surface area (Å²) in [5.41, 5.74) is 1.28. The van der Waals surface area contributed by atoms with Crippen LogP contribution >= 0.6 is 11.6 Å². The fraction of sp³-hybridized carbons (Fsp3) is 0.409. The molecule has 6 nitrogen and oxygen atoms in total. The lowest BCUT2D eigenvalue weighted by molar-refractivity contribution is -0.122. The standard InChI is InChI=1S/C22H28ClN3O3/c1-28-20-6-2-18(3-7-20)16-25-11-13-26(14-12-25)17-22(27)24-10-15-29-21-8-4-19(23)5-9-21/h2-9H,10-17H2,1H3,(H,24,27). The number of benzene rings is 2. The number of carbonyl (C=O) groups excluding carboxylic acids is 1. The fourth-order valence-electron chi connectivity index (χ4n) is 3.24. The zero-order chi connectivity index (χ0) is 20.5. The molecule has 0 aromatic heterocycles. The molecule has 3 rings (SSSR count). The predicted octanol–water partition coefficient (Wildman–Crippen LogP) is 2.66. The van der Waals surface area contributed by atoms with E-state index in [-0.39, 0.29) is 5.91 Å². The van der Waals surface area contributed by atoms with Crippen LogP contribution in [0.5, 0.6) is 11.5 Å². The number of methoxy groups -OCH3 is 1. The summed E-state index contributed by atoms with van der Waals surface area (Å²) < 4.78 is 10.8. The lowest BCUT2D eigenvalue weighted by atomic mass is 10.2. The largest absolute Gasteiger partial charge is 0.497 e. The van der Waals surface area contributed by atoms with Crippen LogP contribution in [0.4, 0.5) is 0 Å². The van der Waals surface area contributed by atoms with Gasteiger partial charge in [-0.3, -0.25) is 14.6 Å². The van der Waals surface area contributed by atoms with E-state index in [0.717, 1.165) is 44.2 Å². The van der Waals surface area contributed by atoms with Crippen molar-refractivity contribution < 1.29 is 14.3 Å². The van der Waals surface area contributed by atoms with Gasteiger partial charge in [0.25, 0.3) is 0 Å². The molecular weight excluding hydrogens is 390 g/mol. The van der Waals surface area contributed by atoms with Gasteiger partial charge in [-0.1, -0.05) is 23.7 Å². The lowest BCUT2D eigenvalue weighted by Gasteiger charge is -2.34. The highest BCUT2D eigenvalue weighted by molar-refractivity contribution is 6.30. The molecule has 0 unspecified atom stereocenters. The van der Waals surface area contributed by atoms with Crippen molar-refractivity contribution in [3.8, 4) is 11.5 Å². The minimum atomic E-state index is 0.0355.